The quantitative estimate of drug-likeness (QED) is 0.428. The van der Waals surface area contributed by atoms with Gasteiger partial charge in [0.05, 0.1) is 13.2 Å². The molecule has 0 fully saturated rings. The number of rotatable bonds is 11. The van der Waals surface area contributed by atoms with E-state index in [0.717, 1.165) is 5.56 Å². The molecule has 0 aliphatic heterocycles. The van der Waals surface area contributed by atoms with Crippen LogP contribution in [-0.2, 0) is 36.8 Å². The summed E-state index contributed by atoms with van der Waals surface area (Å²) in [7, 11) is 0. The molecule has 0 amide bonds. The van der Waals surface area contributed by atoms with Gasteiger partial charge in [-0.25, -0.2) is 9.59 Å². The summed E-state index contributed by atoms with van der Waals surface area (Å²) >= 11 is 0. The van der Waals surface area contributed by atoms with Crippen molar-refractivity contribution < 1.29 is 33.3 Å². The Kier molecular flexibility index (Phi) is 9.51. The van der Waals surface area contributed by atoms with Crippen molar-refractivity contribution in [3.05, 3.63) is 65.2 Å². The lowest BCUT2D eigenvalue weighted by Gasteiger charge is -2.15. The van der Waals surface area contributed by atoms with Crippen molar-refractivity contribution in [1.82, 2.24) is 0 Å². The minimum atomic E-state index is -0.912. The maximum Gasteiger partial charge on any atom is 0.344 e. The zero-order valence-electron chi connectivity index (χ0n) is 17.7. The molecule has 0 aliphatic rings. The Hall–Kier alpha value is -3.39. The van der Waals surface area contributed by atoms with E-state index in [-0.39, 0.29) is 44.2 Å². The van der Waals surface area contributed by atoms with Gasteiger partial charge >= 0.3 is 17.9 Å². The molecule has 8 nitrogen and oxygen atoms in total. The van der Waals surface area contributed by atoms with Crippen molar-refractivity contribution in [3.63, 3.8) is 0 Å². The summed E-state index contributed by atoms with van der Waals surface area (Å²) in [6.45, 7) is 3.55. The molecular formula is C23H27NO7. The first kappa shape index (κ1) is 23.9. The summed E-state index contributed by atoms with van der Waals surface area (Å²) in [5.74, 6) is -1.53. The zero-order chi connectivity index (χ0) is 22.6. The highest BCUT2D eigenvalue weighted by molar-refractivity contribution is 5.93. The molecule has 0 aliphatic carbocycles. The second-order valence-electron chi connectivity index (χ2n) is 6.55. The van der Waals surface area contributed by atoms with Crippen LogP contribution < -0.4 is 10.5 Å². The fourth-order valence-corrected chi connectivity index (χ4v) is 2.71. The molecule has 0 radical (unpaired) electrons. The predicted molar refractivity (Wildman–Crippen MR) is 112 cm³/mol. The molecule has 0 spiro atoms. The summed E-state index contributed by atoms with van der Waals surface area (Å²) in [5, 5.41) is 0. The van der Waals surface area contributed by atoms with E-state index in [4.69, 9.17) is 24.7 Å². The molecule has 2 aromatic carbocycles. The molecule has 2 N–H and O–H groups in total. The van der Waals surface area contributed by atoms with Crippen LogP contribution >= 0.6 is 0 Å². The Bertz CT molecular complexity index is 883. The van der Waals surface area contributed by atoms with Crippen LogP contribution in [0.25, 0.3) is 0 Å². The molecule has 0 aromatic heterocycles. The molecule has 166 valence electrons. The summed E-state index contributed by atoms with van der Waals surface area (Å²) in [5.41, 5.74) is 7.60. The number of carbonyl (C=O) groups excluding carboxylic acids is 3. The fourth-order valence-electron chi connectivity index (χ4n) is 2.71. The molecule has 0 saturated carbocycles. The Morgan fingerprint density at radius 2 is 1.61 bits per heavy atom. The molecule has 1 atom stereocenters. The third-order valence-corrected chi connectivity index (χ3v) is 4.17. The van der Waals surface area contributed by atoms with Crippen LogP contribution in [0.1, 0.15) is 35.3 Å². The van der Waals surface area contributed by atoms with E-state index in [0.29, 0.717) is 5.56 Å². The lowest BCUT2D eigenvalue weighted by atomic mass is 10.0. The molecule has 8 heteroatoms. The number of nitrogens with two attached hydrogens (primary N) is 1. The second kappa shape index (κ2) is 12.3. The number of hydrogen-bond donors (Lipinski definition) is 1. The zero-order valence-corrected chi connectivity index (χ0v) is 17.7. The van der Waals surface area contributed by atoms with Crippen molar-refractivity contribution in [1.29, 1.82) is 0 Å². The van der Waals surface area contributed by atoms with E-state index >= 15 is 0 Å². The van der Waals surface area contributed by atoms with Gasteiger partial charge in [-0.05, 0) is 43.5 Å². The summed E-state index contributed by atoms with van der Waals surface area (Å²) < 4.78 is 20.6. The molecule has 0 unspecified atom stereocenters. The molecule has 0 saturated heterocycles. The third kappa shape index (κ3) is 7.75. The highest BCUT2D eigenvalue weighted by atomic mass is 16.6. The van der Waals surface area contributed by atoms with Gasteiger partial charge in [-0.2, -0.15) is 0 Å². The van der Waals surface area contributed by atoms with Gasteiger partial charge in [0.2, 0.25) is 0 Å². The highest BCUT2D eigenvalue weighted by Crippen LogP contribution is 2.22. The van der Waals surface area contributed by atoms with Crippen LogP contribution in [0.15, 0.2) is 48.5 Å². The molecule has 2 rings (SSSR count). The predicted octanol–water partition coefficient (Wildman–Crippen LogP) is 2.42. The number of hydrogen-bond acceptors (Lipinski definition) is 8. The van der Waals surface area contributed by atoms with Crippen molar-refractivity contribution in [3.8, 4) is 5.75 Å². The molecule has 31 heavy (non-hydrogen) atoms. The van der Waals surface area contributed by atoms with Crippen LogP contribution in [0.4, 0.5) is 0 Å². The largest absolute Gasteiger partial charge is 0.481 e. The summed E-state index contributed by atoms with van der Waals surface area (Å²) in [4.78, 5) is 36.1. The van der Waals surface area contributed by atoms with Gasteiger partial charge in [-0.1, -0.05) is 36.4 Å². The molecular weight excluding hydrogens is 402 g/mol. The van der Waals surface area contributed by atoms with Gasteiger partial charge in [0.25, 0.3) is 0 Å². The topological polar surface area (TPSA) is 114 Å². The van der Waals surface area contributed by atoms with Crippen LogP contribution in [0.2, 0.25) is 0 Å². The van der Waals surface area contributed by atoms with Crippen LogP contribution in [0.3, 0.4) is 0 Å². The van der Waals surface area contributed by atoms with Crippen molar-refractivity contribution in [2.75, 3.05) is 19.8 Å². The van der Waals surface area contributed by atoms with Crippen LogP contribution in [-0.4, -0.2) is 43.8 Å². The monoisotopic (exact) mass is 429 g/mol. The SMILES string of the molecule is CCOC(=O)COc1ccc(C[C@H](N)C(=O)OCc2ccccc2)cc1C(=O)OCC. The Morgan fingerprint density at radius 1 is 0.903 bits per heavy atom. The minimum Gasteiger partial charge on any atom is -0.481 e. The van der Waals surface area contributed by atoms with E-state index in [2.05, 4.69) is 0 Å². The third-order valence-electron chi connectivity index (χ3n) is 4.17. The van der Waals surface area contributed by atoms with Gasteiger partial charge in [0.1, 0.15) is 24.0 Å². The molecule has 0 heterocycles. The van der Waals surface area contributed by atoms with Gasteiger partial charge in [-0.3, -0.25) is 4.79 Å². The maximum absolute atomic E-state index is 12.3. The average Bonchev–Trinajstić information content (AvgIpc) is 2.77. The van der Waals surface area contributed by atoms with Crippen molar-refractivity contribution in [2.45, 2.75) is 32.9 Å². The molecule has 2 aromatic rings. The first-order valence-electron chi connectivity index (χ1n) is 9.99. The maximum atomic E-state index is 12.3. The number of benzene rings is 2. The van der Waals surface area contributed by atoms with Gasteiger partial charge < -0.3 is 24.7 Å². The summed E-state index contributed by atoms with van der Waals surface area (Å²) in [6.07, 6.45) is 0.151. The Morgan fingerprint density at radius 3 is 2.29 bits per heavy atom. The van der Waals surface area contributed by atoms with E-state index in [1.807, 2.05) is 30.3 Å². The number of ether oxygens (including phenoxy) is 4. The van der Waals surface area contributed by atoms with Gasteiger partial charge in [0.15, 0.2) is 6.61 Å². The number of carbonyl (C=O) groups is 3. The summed E-state index contributed by atoms with van der Waals surface area (Å²) in [6, 6.07) is 13.1. The van der Waals surface area contributed by atoms with E-state index in [9.17, 15) is 14.4 Å². The highest BCUT2D eigenvalue weighted by Gasteiger charge is 2.20. The van der Waals surface area contributed by atoms with Crippen molar-refractivity contribution >= 4 is 17.9 Å². The lowest BCUT2D eigenvalue weighted by Crippen LogP contribution is -2.34. The van der Waals surface area contributed by atoms with Crippen LogP contribution in [0, 0.1) is 0 Å². The normalized spacial score (nSPS) is 11.3. The van der Waals surface area contributed by atoms with E-state index < -0.39 is 23.9 Å². The average molecular weight is 429 g/mol. The second-order valence-corrected chi connectivity index (χ2v) is 6.55. The van der Waals surface area contributed by atoms with E-state index in [1.54, 1.807) is 19.9 Å². The first-order valence-corrected chi connectivity index (χ1v) is 9.99. The van der Waals surface area contributed by atoms with E-state index in [1.165, 1.54) is 12.1 Å². The fraction of sp³-hybridized carbons (Fsp3) is 0.348. The standard InChI is InChI=1S/C23H27NO7/c1-3-28-21(25)15-30-20-11-10-17(12-18(20)22(26)29-4-2)13-19(24)23(27)31-14-16-8-6-5-7-9-16/h5-12,19H,3-4,13-15,24H2,1-2H3/t19-/m0/s1. The lowest BCUT2D eigenvalue weighted by molar-refractivity contribution is -0.147. The Labute approximate surface area is 181 Å². The Balaban J connectivity index is 2.05. The smallest absolute Gasteiger partial charge is 0.344 e. The molecule has 0 bridgehead atoms. The van der Waals surface area contributed by atoms with Gasteiger partial charge in [0, 0.05) is 0 Å². The van der Waals surface area contributed by atoms with Crippen molar-refractivity contribution in [2.24, 2.45) is 5.73 Å². The van der Waals surface area contributed by atoms with Gasteiger partial charge in [-0.15, -0.1) is 0 Å². The van der Waals surface area contributed by atoms with Crippen LogP contribution in [0.5, 0.6) is 5.75 Å². The number of esters is 3. The first-order chi connectivity index (χ1) is 14.9. The minimum absolute atomic E-state index is 0.127.